The molecule has 1 aliphatic heterocycles. The van der Waals surface area contributed by atoms with Crippen molar-refractivity contribution in [1.29, 1.82) is 5.26 Å². The molecule has 0 fully saturated rings. The van der Waals surface area contributed by atoms with Gasteiger partial charge in [-0.25, -0.2) is 0 Å². The SMILES string of the molecule is CCCc1cnn(C2C=NCC=CC2)c1/C=C/CC[C@@H](O)CCc1ccccc1C#N. The van der Waals surface area contributed by atoms with Crippen LogP contribution in [0.4, 0.5) is 0 Å². The maximum atomic E-state index is 10.4. The van der Waals surface area contributed by atoms with Gasteiger partial charge in [-0.05, 0) is 61.8 Å². The maximum absolute atomic E-state index is 10.4. The summed E-state index contributed by atoms with van der Waals surface area (Å²) >= 11 is 0. The number of nitrogens with zero attached hydrogens (tertiary/aromatic N) is 4. The number of hydrogen-bond acceptors (Lipinski definition) is 4. The number of aromatic nitrogens is 2. The highest BCUT2D eigenvalue weighted by molar-refractivity contribution is 5.65. The molecule has 162 valence electrons. The Hall–Kier alpha value is -2.97. The van der Waals surface area contributed by atoms with Crippen LogP contribution in [0.25, 0.3) is 6.08 Å². The first kappa shape index (κ1) is 22.7. The van der Waals surface area contributed by atoms with Gasteiger partial charge in [-0.15, -0.1) is 0 Å². The number of aliphatic imine (C=N–C) groups is 1. The molecule has 1 unspecified atom stereocenters. The molecule has 1 aromatic carbocycles. The molecule has 0 radical (unpaired) electrons. The molecule has 2 heterocycles. The summed E-state index contributed by atoms with van der Waals surface area (Å²) in [6.07, 6.45) is 18.0. The van der Waals surface area contributed by atoms with E-state index >= 15 is 0 Å². The molecule has 1 aliphatic rings. The third-order valence-electron chi connectivity index (χ3n) is 5.61. The van der Waals surface area contributed by atoms with E-state index in [1.54, 1.807) is 0 Å². The fourth-order valence-electron chi connectivity index (χ4n) is 3.89. The molecule has 5 heteroatoms. The van der Waals surface area contributed by atoms with E-state index in [9.17, 15) is 10.4 Å². The van der Waals surface area contributed by atoms with Gasteiger partial charge in [0, 0.05) is 6.21 Å². The van der Waals surface area contributed by atoms with Crippen LogP contribution in [0.3, 0.4) is 0 Å². The van der Waals surface area contributed by atoms with Gasteiger partial charge >= 0.3 is 0 Å². The van der Waals surface area contributed by atoms with E-state index in [2.05, 4.69) is 52.1 Å². The number of aliphatic hydroxyl groups is 1. The van der Waals surface area contributed by atoms with Crippen molar-refractivity contribution in [3.8, 4) is 6.07 Å². The van der Waals surface area contributed by atoms with Gasteiger partial charge in [0.1, 0.15) is 0 Å². The largest absolute Gasteiger partial charge is 0.393 e. The maximum Gasteiger partial charge on any atom is 0.0994 e. The van der Waals surface area contributed by atoms with E-state index in [-0.39, 0.29) is 12.1 Å². The Kier molecular flexibility index (Phi) is 8.81. The molecule has 0 saturated heterocycles. The first-order chi connectivity index (χ1) is 15.2. The zero-order chi connectivity index (χ0) is 21.9. The highest BCUT2D eigenvalue weighted by Gasteiger charge is 2.15. The van der Waals surface area contributed by atoms with Crippen LogP contribution in [-0.4, -0.2) is 33.8 Å². The van der Waals surface area contributed by atoms with Crippen molar-refractivity contribution in [3.05, 3.63) is 71.1 Å². The van der Waals surface area contributed by atoms with Gasteiger partial charge in [0.25, 0.3) is 0 Å². The summed E-state index contributed by atoms with van der Waals surface area (Å²) in [5.74, 6) is 0. The Bertz CT molecular complexity index is 964. The van der Waals surface area contributed by atoms with Crippen LogP contribution in [0, 0.1) is 11.3 Å². The van der Waals surface area contributed by atoms with Crippen molar-refractivity contribution in [2.24, 2.45) is 4.99 Å². The second-order valence-corrected chi connectivity index (χ2v) is 7.98. The summed E-state index contributed by atoms with van der Waals surface area (Å²) in [7, 11) is 0. The Balaban J connectivity index is 1.58. The minimum Gasteiger partial charge on any atom is -0.393 e. The van der Waals surface area contributed by atoms with E-state index in [1.807, 2.05) is 36.7 Å². The Labute approximate surface area is 185 Å². The van der Waals surface area contributed by atoms with Crippen molar-refractivity contribution >= 4 is 12.3 Å². The van der Waals surface area contributed by atoms with E-state index < -0.39 is 0 Å². The molecule has 0 aliphatic carbocycles. The van der Waals surface area contributed by atoms with Crippen molar-refractivity contribution < 1.29 is 5.11 Å². The highest BCUT2D eigenvalue weighted by Crippen LogP contribution is 2.21. The quantitative estimate of drug-likeness (QED) is 0.550. The third-order valence-corrected chi connectivity index (χ3v) is 5.61. The lowest BCUT2D eigenvalue weighted by Crippen LogP contribution is -2.13. The van der Waals surface area contributed by atoms with E-state index in [0.717, 1.165) is 49.9 Å². The molecule has 3 rings (SSSR count). The molecule has 2 aromatic rings. The predicted octanol–water partition coefficient (Wildman–Crippen LogP) is 5.07. The van der Waals surface area contributed by atoms with Crippen LogP contribution < -0.4 is 0 Å². The summed E-state index contributed by atoms with van der Waals surface area (Å²) in [5, 5.41) is 24.3. The molecule has 1 N–H and O–H groups in total. The Morgan fingerprint density at radius 2 is 2.10 bits per heavy atom. The standard InChI is InChI=1S/C26H32N4O/c1-2-9-23-19-29-30(24-12-7-8-17-28-20-24)26(23)14-6-5-13-25(31)16-15-21-10-3-4-11-22(21)18-27/h3-4,6-8,10-11,14,19-20,24-25,31H,2,5,9,12-13,15-17H2,1H3/b14-6+/t24?,25-/m1/s1. The number of aryl methyl sites for hydroxylation is 2. The van der Waals surface area contributed by atoms with Gasteiger partial charge in [-0.3, -0.25) is 9.67 Å². The van der Waals surface area contributed by atoms with Crippen molar-refractivity contribution in [2.75, 3.05) is 6.54 Å². The van der Waals surface area contributed by atoms with Gasteiger partial charge in [-0.1, -0.05) is 49.8 Å². The average Bonchev–Trinajstić information content (AvgIpc) is 2.99. The Morgan fingerprint density at radius 3 is 2.94 bits per heavy atom. The van der Waals surface area contributed by atoms with Crippen molar-refractivity contribution in [2.45, 2.75) is 64.0 Å². The predicted molar refractivity (Wildman–Crippen MR) is 126 cm³/mol. The lowest BCUT2D eigenvalue weighted by molar-refractivity contribution is 0.156. The van der Waals surface area contributed by atoms with E-state index in [0.29, 0.717) is 18.4 Å². The van der Waals surface area contributed by atoms with Crippen LogP contribution in [0.15, 0.2) is 53.7 Å². The normalized spacial score (nSPS) is 17.0. The highest BCUT2D eigenvalue weighted by atomic mass is 16.3. The molecule has 5 nitrogen and oxygen atoms in total. The number of hydrogen-bond donors (Lipinski definition) is 1. The van der Waals surface area contributed by atoms with Crippen LogP contribution in [-0.2, 0) is 12.8 Å². The van der Waals surface area contributed by atoms with Crippen LogP contribution in [0.2, 0.25) is 0 Å². The van der Waals surface area contributed by atoms with Gasteiger partial charge in [0.15, 0.2) is 0 Å². The number of benzene rings is 1. The van der Waals surface area contributed by atoms with Gasteiger partial charge in [0.05, 0.1) is 42.2 Å². The van der Waals surface area contributed by atoms with Gasteiger partial charge in [0.2, 0.25) is 0 Å². The second-order valence-electron chi connectivity index (χ2n) is 7.98. The van der Waals surface area contributed by atoms with Gasteiger partial charge in [-0.2, -0.15) is 10.4 Å². The minimum absolute atomic E-state index is 0.148. The zero-order valence-electron chi connectivity index (χ0n) is 18.3. The number of aliphatic hydroxyl groups excluding tert-OH is 1. The monoisotopic (exact) mass is 416 g/mol. The molecule has 0 saturated carbocycles. The number of allylic oxidation sites excluding steroid dienone is 2. The molecule has 1 aromatic heterocycles. The van der Waals surface area contributed by atoms with Crippen LogP contribution in [0.5, 0.6) is 0 Å². The molecule has 0 spiro atoms. The first-order valence-electron chi connectivity index (χ1n) is 11.3. The molecule has 2 atom stereocenters. The first-order valence-corrected chi connectivity index (χ1v) is 11.3. The summed E-state index contributed by atoms with van der Waals surface area (Å²) in [4.78, 5) is 4.45. The lowest BCUT2D eigenvalue weighted by Gasteiger charge is -2.13. The number of nitriles is 1. The minimum atomic E-state index is -0.379. The summed E-state index contributed by atoms with van der Waals surface area (Å²) in [6.45, 7) is 2.92. The zero-order valence-corrected chi connectivity index (χ0v) is 18.3. The van der Waals surface area contributed by atoms with E-state index in [4.69, 9.17) is 0 Å². The molecule has 0 amide bonds. The summed E-state index contributed by atoms with van der Waals surface area (Å²) < 4.78 is 2.08. The summed E-state index contributed by atoms with van der Waals surface area (Å²) in [6, 6.07) is 9.98. The fraction of sp³-hybridized carbons (Fsp3) is 0.423. The lowest BCUT2D eigenvalue weighted by atomic mass is 10.00. The summed E-state index contributed by atoms with van der Waals surface area (Å²) in [5.41, 5.74) is 4.11. The molecular formula is C26H32N4O. The topological polar surface area (TPSA) is 74.2 Å². The number of rotatable bonds is 10. The molecule has 0 bridgehead atoms. The molecule has 31 heavy (non-hydrogen) atoms. The second kappa shape index (κ2) is 12.0. The van der Waals surface area contributed by atoms with Gasteiger partial charge < -0.3 is 5.11 Å². The smallest absolute Gasteiger partial charge is 0.0994 e. The molecular weight excluding hydrogens is 384 g/mol. The Morgan fingerprint density at radius 1 is 1.23 bits per heavy atom. The van der Waals surface area contributed by atoms with Crippen molar-refractivity contribution in [3.63, 3.8) is 0 Å². The fourth-order valence-corrected chi connectivity index (χ4v) is 3.89. The van der Waals surface area contributed by atoms with E-state index in [1.165, 1.54) is 5.56 Å². The van der Waals surface area contributed by atoms with Crippen LogP contribution in [0.1, 0.15) is 67.5 Å². The average molecular weight is 417 g/mol. The third kappa shape index (κ3) is 6.50. The van der Waals surface area contributed by atoms with Crippen molar-refractivity contribution in [1.82, 2.24) is 9.78 Å². The van der Waals surface area contributed by atoms with Crippen LogP contribution >= 0.6 is 0 Å².